The van der Waals surface area contributed by atoms with Gasteiger partial charge in [-0.15, -0.1) is 0 Å². The van der Waals surface area contributed by atoms with E-state index in [0.717, 1.165) is 68.0 Å². The van der Waals surface area contributed by atoms with Gasteiger partial charge >= 0.3 is 0 Å². The van der Waals surface area contributed by atoms with Gasteiger partial charge in [-0.2, -0.15) is 0 Å². The fourth-order valence-electron chi connectivity index (χ4n) is 6.73. The van der Waals surface area contributed by atoms with Gasteiger partial charge in [0.2, 0.25) is 5.91 Å². The molecule has 7 heteroatoms. The molecule has 3 aliphatic rings. The Labute approximate surface area is 218 Å². The Morgan fingerprint density at radius 1 is 1.05 bits per heavy atom. The standard InChI is InChI=1S/C30H37N3O4/c1-31-25-16-23(37-3)9-10-24(25)27-28(31)26(18-34)33(29(35)21-7-8-21)19-30(27)11-13-32(14-12-30)17-20-5-4-6-22(15-20)36-2/h4-6,9-10,15-16,21,26,34H,7-8,11-14,17-19H2,1-3H3/t26-/m1/s1. The second kappa shape index (κ2) is 9.37. The summed E-state index contributed by atoms with van der Waals surface area (Å²) in [4.78, 5) is 18.1. The Morgan fingerprint density at radius 2 is 1.78 bits per heavy atom. The minimum atomic E-state index is -0.313. The number of carbonyl (C=O) groups excluding carboxylic acids is 1. The van der Waals surface area contributed by atoms with Gasteiger partial charge in [0.25, 0.3) is 0 Å². The molecule has 1 atom stereocenters. The van der Waals surface area contributed by atoms with Gasteiger partial charge < -0.3 is 24.0 Å². The summed E-state index contributed by atoms with van der Waals surface area (Å²) in [6, 6.07) is 14.3. The highest BCUT2D eigenvalue weighted by atomic mass is 16.5. The second-order valence-electron chi connectivity index (χ2n) is 11.0. The molecule has 1 amide bonds. The van der Waals surface area contributed by atoms with Gasteiger partial charge in [-0.05, 0) is 74.2 Å². The maximum Gasteiger partial charge on any atom is 0.226 e. The van der Waals surface area contributed by atoms with Crippen LogP contribution in [0.1, 0.15) is 48.5 Å². The van der Waals surface area contributed by atoms with Crippen molar-refractivity contribution in [2.45, 2.75) is 43.7 Å². The molecule has 2 aliphatic heterocycles. The van der Waals surface area contributed by atoms with E-state index in [4.69, 9.17) is 9.47 Å². The summed E-state index contributed by atoms with van der Waals surface area (Å²) in [6.45, 7) is 3.41. The van der Waals surface area contributed by atoms with Crippen LogP contribution in [0.5, 0.6) is 11.5 Å². The third kappa shape index (κ3) is 4.09. The number of aryl methyl sites for hydroxylation is 1. The van der Waals surface area contributed by atoms with Gasteiger partial charge in [0.15, 0.2) is 0 Å². The Hall–Kier alpha value is -3.03. The van der Waals surface area contributed by atoms with Crippen LogP contribution in [0.3, 0.4) is 0 Å². The van der Waals surface area contributed by atoms with E-state index in [0.29, 0.717) is 6.54 Å². The fourth-order valence-corrected chi connectivity index (χ4v) is 6.73. The average Bonchev–Trinajstić information content (AvgIpc) is 3.74. The predicted molar refractivity (Wildman–Crippen MR) is 143 cm³/mol. The highest BCUT2D eigenvalue weighted by Gasteiger charge is 2.51. The molecule has 7 nitrogen and oxygen atoms in total. The maximum atomic E-state index is 13.5. The normalized spacial score (nSPS) is 21.3. The van der Waals surface area contributed by atoms with Crippen LogP contribution in [0.4, 0.5) is 0 Å². The summed E-state index contributed by atoms with van der Waals surface area (Å²) in [6.07, 6.45) is 3.88. The molecule has 2 aromatic carbocycles. The maximum absolute atomic E-state index is 13.5. The zero-order valence-electron chi connectivity index (χ0n) is 22.1. The van der Waals surface area contributed by atoms with Crippen molar-refractivity contribution < 1.29 is 19.4 Å². The molecule has 0 bridgehead atoms. The fraction of sp³-hybridized carbons (Fsp3) is 0.500. The number of likely N-dealkylation sites (tertiary alicyclic amines) is 1. The molecule has 3 heterocycles. The van der Waals surface area contributed by atoms with E-state index in [1.807, 2.05) is 23.1 Å². The van der Waals surface area contributed by atoms with Crippen molar-refractivity contribution in [1.82, 2.24) is 14.4 Å². The Bertz CT molecular complexity index is 1320. The van der Waals surface area contributed by atoms with Gasteiger partial charge in [0.1, 0.15) is 11.5 Å². The van der Waals surface area contributed by atoms with E-state index >= 15 is 0 Å². The number of aliphatic hydroxyl groups is 1. The molecule has 1 spiro atoms. The zero-order chi connectivity index (χ0) is 25.7. The quantitative estimate of drug-likeness (QED) is 0.551. The summed E-state index contributed by atoms with van der Waals surface area (Å²) in [5.74, 6) is 2.04. The lowest BCUT2D eigenvalue weighted by Gasteiger charge is -2.50. The van der Waals surface area contributed by atoms with Crippen LogP contribution in [-0.4, -0.2) is 65.8 Å². The third-order valence-corrected chi connectivity index (χ3v) is 8.88. The number of hydrogen-bond acceptors (Lipinski definition) is 5. The number of benzene rings is 2. The lowest BCUT2D eigenvalue weighted by atomic mass is 9.68. The molecule has 196 valence electrons. The molecule has 1 aliphatic carbocycles. The minimum absolute atomic E-state index is 0.0647. The average molecular weight is 504 g/mol. The van der Waals surface area contributed by atoms with Crippen LogP contribution in [0.15, 0.2) is 42.5 Å². The van der Waals surface area contributed by atoms with Crippen LogP contribution in [-0.2, 0) is 23.8 Å². The predicted octanol–water partition coefficient (Wildman–Crippen LogP) is 4.01. The SMILES string of the molecule is COc1cccc(CN2CCC3(CC2)CN(C(=O)C2CC2)[C@H](CO)c2c3c3ccc(OC)cc3n2C)c1. The Balaban J connectivity index is 1.38. The number of hydrogen-bond donors (Lipinski definition) is 1. The summed E-state index contributed by atoms with van der Waals surface area (Å²) < 4.78 is 13.2. The zero-order valence-corrected chi connectivity index (χ0v) is 22.1. The highest BCUT2D eigenvalue weighted by molar-refractivity contribution is 5.90. The number of fused-ring (bicyclic) bond motifs is 4. The number of ether oxygens (including phenoxy) is 2. The lowest BCUT2D eigenvalue weighted by Crippen LogP contribution is -2.55. The van der Waals surface area contributed by atoms with Crippen LogP contribution < -0.4 is 9.47 Å². The van der Waals surface area contributed by atoms with Gasteiger partial charge in [0, 0.05) is 48.6 Å². The molecule has 1 saturated carbocycles. The molecular weight excluding hydrogens is 466 g/mol. The molecule has 3 aromatic rings. The summed E-state index contributed by atoms with van der Waals surface area (Å²) in [7, 11) is 5.47. The largest absolute Gasteiger partial charge is 0.497 e. The van der Waals surface area contributed by atoms with Crippen molar-refractivity contribution in [3.63, 3.8) is 0 Å². The van der Waals surface area contributed by atoms with Gasteiger partial charge in [-0.25, -0.2) is 0 Å². The van der Waals surface area contributed by atoms with E-state index in [1.165, 1.54) is 16.5 Å². The molecule has 1 saturated heterocycles. The molecule has 37 heavy (non-hydrogen) atoms. The van der Waals surface area contributed by atoms with Crippen LogP contribution in [0.2, 0.25) is 0 Å². The first-order chi connectivity index (χ1) is 18.0. The monoisotopic (exact) mass is 503 g/mol. The molecule has 0 radical (unpaired) electrons. The van der Waals surface area contributed by atoms with Gasteiger partial charge in [0.05, 0.1) is 32.4 Å². The van der Waals surface area contributed by atoms with Gasteiger partial charge in [-0.1, -0.05) is 12.1 Å². The second-order valence-corrected chi connectivity index (χ2v) is 11.0. The van der Waals surface area contributed by atoms with Crippen molar-refractivity contribution in [3.8, 4) is 11.5 Å². The number of nitrogens with zero attached hydrogens (tertiary/aromatic N) is 3. The first kappa shape index (κ1) is 24.3. The number of rotatable bonds is 6. The van der Waals surface area contributed by atoms with Crippen LogP contribution in [0.25, 0.3) is 10.9 Å². The third-order valence-electron chi connectivity index (χ3n) is 8.88. The first-order valence-corrected chi connectivity index (χ1v) is 13.4. The minimum Gasteiger partial charge on any atom is -0.497 e. The summed E-state index contributed by atoms with van der Waals surface area (Å²) >= 11 is 0. The number of piperidine rings is 1. The van der Waals surface area contributed by atoms with E-state index < -0.39 is 0 Å². The Morgan fingerprint density at radius 3 is 2.46 bits per heavy atom. The summed E-state index contributed by atoms with van der Waals surface area (Å²) in [5, 5.41) is 11.8. The number of aliphatic hydroxyl groups excluding tert-OH is 1. The van der Waals surface area contributed by atoms with Crippen LogP contribution in [0, 0.1) is 5.92 Å². The highest BCUT2D eigenvalue weighted by Crippen LogP contribution is 2.51. The van der Waals surface area contributed by atoms with Crippen molar-refractivity contribution in [2.24, 2.45) is 13.0 Å². The Kier molecular flexibility index (Phi) is 6.16. The van der Waals surface area contributed by atoms with Crippen molar-refractivity contribution >= 4 is 16.8 Å². The molecule has 0 unspecified atom stereocenters. The molecule has 2 fully saturated rings. The number of aromatic nitrogens is 1. The van der Waals surface area contributed by atoms with E-state index in [-0.39, 0.29) is 29.9 Å². The first-order valence-electron chi connectivity index (χ1n) is 13.4. The number of amides is 1. The van der Waals surface area contributed by atoms with Crippen LogP contribution >= 0.6 is 0 Å². The lowest BCUT2D eigenvalue weighted by molar-refractivity contribution is -0.138. The van der Waals surface area contributed by atoms with Gasteiger partial charge in [-0.3, -0.25) is 9.69 Å². The van der Waals surface area contributed by atoms with E-state index in [1.54, 1.807) is 14.2 Å². The molecule has 1 N–H and O–H groups in total. The molecule has 6 rings (SSSR count). The topological polar surface area (TPSA) is 67.2 Å². The van der Waals surface area contributed by atoms with E-state index in [2.05, 4.69) is 40.8 Å². The number of methoxy groups -OCH3 is 2. The van der Waals surface area contributed by atoms with E-state index in [9.17, 15) is 9.90 Å². The van der Waals surface area contributed by atoms with Crippen molar-refractivity contribution in [2.75, 3.05) is 40.5 Å². The molecule has 1 aromatic heterocycles. The molecular formula is C30H37N3O4. The van der Waals surface area contributed by atoms with Crippen molar-refractivity contribution in [1.29, 1.82) is 0 Å². The smallest absolute Gasteiger partial charge is 0.226 e. The van der Waals surface area contributed by atoms with Crippen molar-refractivity contribution in [3.05, 3.63) is 59.3 Å². The number of carbonyl (C=O) groups is 1. The summed E-state index contributed by atoms with van der Waals surface area (Å²) in [5.41, 5.74) is 4.63.